The first-order valence-corrected chi connectivity index (χ1v) is 11.3. The third kappa shape index (κ3) is 6.12. The number of ether oxygens (including phenoxy) is 4. The molecule has 34 heavy (non-hydrogen) atoms. The monoisotopic (exact) mass is 476 g/mol. The molecule has 0 unspecified atom stereocenters. The number of anilines is 1. The summed E-state index contributed by atoms with van der Waals surface area (Å²) in [5.41, 5.74) is 0.0741. The minimum Gasteiger partial charge on any atom is -0.457 e. The molecule has 0 N–H and O–H groups in total. The Kier molecular flexibility index (Phi) is 7.93. The number of rotatable bonds is 6. The zero-order chi connectivity index (χ0) is 25.0. The van der Waals surface area contributed by atoms with E-state index < -0.39 is 35.7 Å². The summed E-state index contributed by atoms with van der Waals surface area (Å²) < 4.78 is 21.4. The van der Waals surface area contributed by atoms with E-state index in [4.69, 9.17) is 18.9 Å². The van der Waals surface area contributed by atoms with Crippen molar-refractivity contribution in [3.63, 3.8) is 0 Å². The first-order chi connectivity index (χ1) is 16.0. The van der Waals surface area contributed by atoms with Crippen LogP contribution in [0, 0.1) is 0 Å². The average molecular weight is 477 g/mol. The Morgan fingerprint density at radius 3 is 2.53 bits per heavy atom. The molecule has 2 heterocycles. The highest BCUT2D eigenvalue weighted by atomic mass is 16.6. The molecule has 0 radical (unpaired) electrons. The Morgan fingerprint density at radius 1 is 1.18 bits per heavy atom. The quantitative estimate of drug-likeness (QED) is 0.569. The molecule has 2 saturated heterocycles. The van der Waals surface area contributed by atoms with Crippen LogP contribution in [0.4, 0.5) is 5.69 Å². The second-order valence-electron chi connectivity index (χ2n) is 9.29. The van der Waals surface area contributed by atoms with Crippen molar-refractivity contribution in [2.45, 2.75) is 58.0 Å². The third-order valence-corrected chi connectivity index (χ3v) is 5.50. The molecule has 1 aromatic rings. The molecule has 1 aromatic carbocycles. The van der Waals surface area contributed by atoms with E-state index in [0.717, 1.165) is 13.3 Å². The summed E-state index contributed by atoms with van der Waals surface area (Å²) in [6.45, 7) is 7.58. The number of esters is 2. The summed E-state index contributed by atoms with van der Waals surface area (Å²) in [5, 5.41) is 0. The van der Waals surface area contributed by atoms with E-state index in [2.05, 4.69) is 0 Å². The van der Waals surface area contributed by atoms with Gasteiger partial charge in [-0.25, -0.2) is 4.79 Å². The second-order valence-corrected chi connectivity index (χ2v) is 9.29. The molecule has 10 nitrogen and oxygen atoms in total. The van der Waals surface area contributed by atoms with E-state index in [1.165, 1.54) is 4.90 Å². The van der Waals surface area contributed by atoms with Crippen LogP contribution in [0.1, 0.15) is 44.5 Å². The summed E-state index contributed by atoms with van der Waals surface area (Å²) in [4.78, 5) is 53.8. The van der Waals surface area contributed by atoms with Crippen LogP contribution >= 0.6 is 0 Å². The van der Waals surface area contributed by atoms with Crippen molar-refractivity contribution in [1.82, 2.24) is 4.90 Å². The van der Waals surface area contributed by atoms with E-state index >= 15 is 0 Å². The summed E-state index contributed by atoms with van der Waals surface area (Å²) >= 11 is 0. The number of hydrogen-bond donors (Lipinski definition) is 0. The van der Waals surface area contributed by atoms with Gasteiger partial charge in [-0.15, -0.1) is 0 Å². The van der Waals surface area contributed by atoms with Crippen LogP contribution in [0.2, 0.25) is 0 Å². The van der Waals surface area contributed by atoms with Crippen LogP contribution in [0.25, 0.3) is 0 Å². The average Bonchev–Trinajstić information content (AvgIpc) is 3.25. The van der Waals surface area contributed by atoms with Crippen LogP contribution < -0.4 is 4.90 Å². The van der Waals surface area contributed by atoms with Gasteiger partial charge in [-0.1, -0.05) is 6.07 Å². The molecule has 0 spiro atoms. The Balaban J connectivity index is 1.81. The van der Waals surface area contributed by atoms with Crippen molar-refractivity contribution in [3.05, 3.63) is 29.8 Å². The van der Waals surface area contributed by atoms with Gasteiger partial charge in [0.25, 0.3) is 11.8 Å². The molecular formula is C24H32N2O8. The lowest BCUT2D eigenvalue weighted by molar-refractivity contribution is -0.188. The van der Waals surface area contributed by atoms with Gasteiger partial charge in [0.2, 0.25) is 6.10 Å². The van der Waals surface area contributed by atoms with E-state index in [9.17, 15) is 19.2 Å². The van der Waals surface area contributed by atoms with Crippen LogP contribution in [0.3, 0.4) is 0 Å². The topological polar surface area (TPSA) is 112 Å². The maximum Gasteiger partial charge on any atom is 0.351 e. The van der Waals surface area contributed by atoms with Crippen molar-refractivity contribution >= 4 is 29.4 Å². The zero-order valence-corrected chi connectivity index (χ0v) is 20.2. The number of nitrogens with zero attached hydrogens (tertiary/aromatic N) is 2. The van der Waals surface area contributed by atoms with Gasteiger partial charge < -0.3 is 28.7 Å². The molecule has 2 aliphatic rings. The van der Waals surface area contributed by atoms with Crippen molar-refractivity contribution in [2.75, 3.05) is 38.3 Å². The van der Waals surface area contributed by atoms with Crippen LogP contribution in [-0.2, 0) is 33.3 Å². The third-order valence-electron chi connectivity index (χ3n) is 5.50. The fourth-order valence-corrected chi connectivity index (χ4v) is 3.95. The number of carbonyl (C=O) groups excluding carboxylic acids is 4. The standard InChI is InChI=1S/C24H32N2O8/c1-15(27)33-20(23(30)34-24(2,3)4)19-22(29)26(11-12-32-19)17-8-6-7-16(13-17)21(28)25-10-9-18(14-25)31-5/h6-8,13,18-20H,9-12,14H2,1-5H3/t18-,19+,20+/m0/s1. The number of hydrogen-bond acceptors (Lipinski definition) is 8. The molecule has 0 aromatic heterocycles. The highest BCUT2D eigenvalue weighted by molar-refractivity contribution is 6.02. The van der Waals surface area contributed by atoms with E-state index in [1.54, 1.807) is 57.0 Å². The summed E-state index contributed by atoms with van der Waals surface area (Å²) in [6, 6.07) is 6.72. The van der Waals surface area contributed by atoms with Gasteiger partial charge in [0, 0.05) is 44.9 Å². The van der Waals surface area contributed by atoms with Crippen molar-refractivity contribution < 1.29 is 38.1 Å². The van der Waals surface area contributed by atoms with Crippen molar-refractivity contribution in [2.24, 2.45) is 0 Å². The SMILES string of the molecule is CO[C@H]1CCN(C(=O)c2cccc(N3CCO[C@H]([C@@H](OC(C)=O)C(=O)OC(C)(C)C)C3=O)c2)C1. The molecule has 2 amide bonds. The van der Waals surface area contributed by atoms with Crippen LogP contribution in [0.5, 0.6) is 0 Å². The predicted octanol–water partition coefficient (Wildman–Crippen LogP) is 1.55. The normalized spacial score (nSPS) is 21.9. The van der Waals surface area contributed by atoms with Gasteiger partial charge in [0.15, 0.2) is 6.10 Å². The Bertz CT molecular complexity index is 941. The molecule has 2 aliphatic heterocycles. The minimum atomic E-state index is -1.55. The Hall–Kier alpha value is -2.98. The summed E-state index contributed by atoms with van der Waals surface area (Å²) in [6.07, 6.45) is -2.13. The highest BCUT2D eigenvalue weighted by Crippen LogP contribution is 2.25. The van der Waals surface area contributed by atoms with Crippen LogP contribution in [0.15, 0.2) is 24.3 Å². The smallest absolute Gasteiger partial charge is 0.351 e. The lowest BCUT2D eigenvalue weighted by Crippen LogP contribution is -2.56. The van der Waals surface area contributed by atoms with Gasteiger partial charge in [0.1, 0.15) is 5.60 Å². The Labute approximate surface area is 199 Å². The van der Waals surface area contributed by atoms with E-state index in [1.807, 2.05) is 0 Å². The van der Waals surface area contributed by atoms with E-state index in [-0.39, 0.29) is 25.2 Å². The molecule has 2 fully saturated rings. The van der Waals surface area contributed by atoms with E-state index in [0.29, 0.717) is 24.3 Å². The lowest BCUT2D eigenvalue weighted by atomic mass is 10.1. The number of morpholine rings is 1. The van der Waals surface area contributed by atoms with Crippen molar-refractivity contribution in [1.29, 1.82) is 0 Å². The largest absolute Gasteiger partial charge is 0.457 e. The maximum absolute atomic E-state index is 13.3. The number of amides is 2. The molecule has 186 valence electrons. The van der Waals surface area contributed by atoms with Gasteiger partial charge in [0.05, 0.1) is 12.7 Å². The number of likely N-dealkylation sites (tertiary alicyclic amines) is 1. The van der Waals surface area contributed by atoms with Gasteiger partial charge in [-0.05, 0) is 45.4 Å². The fourth-order valence-electron chi connectivity index (χ4n) is 3.95. The molecule has 10 heteroatoms. The zero-order valence-electron chi connectivity index (χ0n) is 20.2. The molecule has 0 aliphatic carbocycles. The molecular weight excluding hydrogens is 444 g/mol. The molecule has 0 bridgehead atoms. The highest BCUT2D eigenvalue weighted by Gasteiger charge is 2.44. The van der Waals surface area contributed by atoms with Gasteiger partial charge in [-0.3, -0.25) is 14.4 Å². The first kappa shape index (κ1) is 25.6. The maximum atomic E-state index is 13.3. The lowest BCUT2D eigenvalue weighted by Gasteiger charge is -2.35. The summed E-state index contributed by atoms with van der Waals surface area (Å²) in [7, 11) is 1.63. The molecule has 3 rings (SSSR count). The van der Waals surface area contributed by atoms with Crippen LogP contribution in [-0.4, -0.2) is 85.9 Å². The first-order valence-electron chi connectivity index (χ1n) is 11.3. The second kappa shape index (κ2) is 10.5. The number of methoxy groups -OCH3 is 1. The van der Waals surface area contributed by atoms with Gasteiger partial charge >= 0.3 is 11.9 Å². The van der Waals surface area contributed by atoms with Crippen molar-refractivity contribution in [3.8, 4) is 0 Å². The molecule has 0 saturated carbocycles. The van der Waals surface area contributed by atoms with Gasteiger partial charge in [-0.2, -0.15) is 0 Å². The predicted molar refractivity (Wildman–Crippen MR) is 121 cm³/mol. The fraction of sp³-hybridized carbons (Fsp3) is 0.583. The number of carbonyl (C=O) groups is 4. The number of benzene rings is 1. The summed E-state index contributed by atoms with van der Waals surface area (Å²) in [5.74, 6) is -2.32. The Morgan fingerprint density at radius 2 is 1.91 bits per heavy atom. The minimum absolute atomic E-state index is 0.0137. The molecule has 3 atom stereocenters.